The fraction of sp³-hybridized carbons (Fsp3) is 0.727. The first-order valence-electron chi connectivity index (χ1n) is 9.68. The zero-order chi connectivity index (χ0) is 17.4. The van der Waals surface area contributed by atoms with E-state index in [4.69, 9.17) is 0 Å². The summed E-state index contributed by atoms with van der Waals surface area (Å²) in [6.07, 6.45) is 6.52. The third kappa shape index (κ3) is 1.78. The van der Waals surface area contributed by atoms with Crippen LogP contribution < -0.4 is 0 Å². The Morgan fingerprint density at radius 1 is 1.12 bits per heavy atom. The number of allylic oxidation sites excluding steroid dienone is 2. The largest absolute Gasteiger partial charge is 0.299 e. The van der Waals surface area contributed by atoms with Crippen LogP contribution in [0.3, 0.4) is 0 Å². The molecule has 0 aromatic carbocycles. The smallest absolute Gasteiger partial charge is 0.156 e. The van der Waals surface area contributed by atoms with Crippen molar-refractivity contribution >= 4 is 11.6 Å². The number of hydrogen-bond acceptors (Lipinski definition) is 2. The molecule has 2 heteroatoms. The Hall–Kier alpha value is -1.18. The molecule has 4 aliphatic carbocycles. The second kappa shape index (κ2) is 4.93. The monoisotopic (exact) mass is 326 g/mol. The highest BCUT2D eigenvalue weighted by Gasteiger charge is 2.62. The maximum Gasteiger partial charge on any atom is 0.156 e. The molecule has 0 aliphatic heterocycles. The summed E-state index contributed by atoms with van der Waals surface area (Å²) < 4.78 is 0. The lowest BCUT2D eigenvalue weighted by atomic mass is 9.42. The van der Waals surface area contributed by atoms with Crippen molar-refractivity contribution in [2.75, 3.05) is 0 Å². The molecule has 24 heavy (non-hydrogen) atoms. The van der Waals surface area contributed by atoms with Crippen molar-refractivity contribution in [2.45, 2.75) is 59.8 Å². The minimum absolute atomic E-state index is 0.0507. The van der Waals surface area contributed by atoms with Gasteiger partial charge in [-0.3, -0.25) is 9.59 Å². The van der Waals surface area contributed by atoms with Crippen molar-refractivity contribution in [2.24, 2.45) is 40.4 Å². The molecule has 0 bridgehead atoms. The molecule has 0 radical (unpaired) electrons. The molecule has 0 amide bonds. The highest BCUT2D eigenvalue weighted by atomic mass is 16.1. The number of rotatable bonds is 0. The topological polar surface area (TPSA) is 34.1 Å². The molecule has 2 unspecified atom stereocenters. The number of Topliss-reactive ketones (excluding diaryl/α,β-unsaturated/α-hetero) is 1. The van der Waals surface area contributed by atoms with Crippen LogP contribution in [0, 0.1) is 40.4 Å². The van der Waals surface area contributed by atoms with Gasteiger partial charge < -0.3 is 0 Å². The molecule has 130 valence electrons. The second-order valence-corrected chi connectivity index (χ2v) is 9.43. The molecule has 2 nitrogen and oxygen atoms in total. The van der Waals surface area contributed by atoms with Gasteiger partial charge in [0.2, 0.25) is 0 Å². The Bertz CT molecular complexity index is 671. The molecular formula is C22H30O2. The van der Waals surface area contributed by atoms with Crippen LogP contribution in [0.25, 0.3) is 0 Å². The summed E-state index contributed by atoms with van der Waals surface area (Å²) in [4.78, 5) is 24.8. The first kappa shape index (κ1) is 16.3. The van der Waals surface area contributed by atoms with Gasteiger partial charge in [0.05, 0.1) is 0 Å². The van der Waals surface area contributed by atoms with E-state index in [0.29, 0.717) is 41.8 Å². The third-order valence-corrected chi connectivity index (χ3v) is 8.70. The van der Waals surface area contributed by atoms with Crippen LogP contribution in [0.2, 0.25) is 0 Å². The van der Waals surface area contributed by atoms with E-state index in [0.717, 1.165) is 25.7 Å². The average molecular weight is 326 g/mol. The van der Waals surface area contributed by atoms with Crippen LogP contribution in [0.5, 0.6) is 0 Å². The van der Waals surface area contributed by atoms with Crippen molar-refractivity contribution in [1.29, 1.82) is 0 Å². The van der Waals surface area contributed by atoms with Gasteiger partial charge >= 0.3 is 0 Å². The number of carbonyl (C=O) groups excluding carboxylic acids is 2. The standard InChI is InChI=1S/C22H30O2/c1-12-10-15(23)11-18-13(2)14(3)20-16-6-7-19(24)21(16,4)9-8-17(20)22(12,18)5/h11-12,14,16-17,20H,2,6-10H2,1,3-5H3/t12?,14?,16-,17+,20-,21-,22+/m0/s1. The Balaban J connectivity index is 1.84. The molecule has 0 saturated heterocycles. The fourth-order valence-electron chi connectivity index (χ4n) is 7.00. The first-order chi connectivity index (χ1) is 11.2. The molecule has 0 spiro atoms. The van der Waals surface area contributed by atoms with Crippen molar-refractivity contribution in [3.8, 4) is 0 Å². The molecule has 0 aromatic heterocycles. The quantitative estimate of drug-likeness (QED) is 0.644. The van der Waals surface area contributed by atoms with E-state index < -0.39 is 0 Å². The molecule has 4 rings (SSSR count). The van der Waals surface area contributed by atoms with Gasteiger partial charge in [0.25, 0.3) is 0 Å². The minimum Gasteiger partial charge on any atom is -0.299 e. The van der Waals surface area contributed by atoms with Gasteiger partial charge in [0, 0.05) is 18.3 Å². The highest BCUT2D eigenvalue weighted by molar-refractivity contribution is 5.93. The van der Waals surface area contributed by atoms with Gasteiger partial charge in [0.1, 0.15) is 5.78 Å². The van der Waals surface area contributed by atoms with Gasteiger partial charge in [-0.05, 0) is 71.5 Å². The summed E-state index contributed by atoms with van der Waals surface area (Å²) in [7, 11) is 0. The predicted octanol–water partition coefficient (Wildman–Crippen LogP) is 4.75. The van der Waals surface area contributed by atoms with E-state index in [1.165, 1.54) is 11.1 Å². The van der Waals surface area contributed by atoms with Crippen LogP contribution >= 0.6 is 0 Å². The Kier molecular flexibility index (Phi) is 3.34. The van der Waals surface area contributed by atoms with Crippen molar-refractivity contribution in [1.82, 2.24) is 0 Å². The van der Waals surface area contributed by atoms with Crippen LogP contribution in [0.15, 0.2) is 23.8 Å². The number of carbonyl (C=O) groups is 2. The lowest BCUT2D eigenvalue weighted by molar-refractivity contribution is -0.134. The van der Waals surface area contributed by atoms with Crippen LogP contribution in [-0.4, -0.2) is 11.6 Å². The maximum atomic E-state index is 12.6. The van der Waals surface area contributed by atoms with Crippen molar-refractivity contribution < 1.29 is 9.59 Å². The van der Waals surface area contributed by atoms with Gasteiger partial charge in [-0.1, -0.05) is 34.3 Å². The predicted molar refractivity (Wildman–Crippen MR) is 95.3 cm³/mol. The van der Waals surface area contributed by atoms with Crippen LogP contribution in [0.4, 0.5) is 0 Å². The third-order valence-electron chi connectivity index (χ3n) is 8.70. The maximum absolute atomic E-state index is 12.6. The van der Waals surface area contributed by atoms with E-state index in [1.807, 2.05) is 6.08 Å². The normalized spacial score (nSPS) is 50.9. The second-order valence-electron chi connectivity index (χ2n) is 9.43. The number of hydrogen-bond donors (Lipinski definition) is 0. The zero-order valence-electron chi connectivity index (χ0n) is 15.5. The average Bonchev–Trinajstić information content (AvgIpc) is 2.83. The Morgan fingerprint density at radius 3 is 2.54 bits per heavy atom. The van der Waals surface area contributed by atoms with E-state index in [1.54, 1.807) is 0 Å². The van der Waals surface area contributed by atoms with E-state index in [9.17, 15) is 9.59 Å². The van der Waals surface area contributed by atoms with Crippen LogP contribution in [-0.2, 0) is 9.59 Å². The molecule has 3 fully saturated rings. The molecule has 7 atom stereocenters. The Morgan fingerprint density at radius 2 is 1.83 bits per heavy atom. The molecular weight excluding hydrogens is 296 g/mol. The minimum atomic E-state index is -0.110. The van der Waals surface area contributed by atoms with Crippen molar-refractivity contribution in [3.63, 3.8) is 0 Å². The van der Waals surface area contributed by atoms with Gasteiger partial charge in [-0.2, -0.15) is 0 Å². The number of ketones is 2. The van der Waals surface area contributed by atoms with Crippen molar-refractivity contribution in [3.05, 3.63) is 23.8 Å². The summed E-state index contributed by atoms with van der Waals surface area (Å²) in [5.41, 5.74) is 2.34. The lowest BCUT2D eigenvalue weighted by Gasteiger charge is -2.61. The zero-order valence-corrected chi connectivity index (χ0v) is 15.5. The van der Waals surface area contributed by atoms with Gasteiger partial charge in [-0.25, -0.2) is 0 Å². The van der Waals surface area contributed by atoms with E-state index in [-0.39, 0.29) is 16.6 Å². The van der Waals surface area contributed by atoms with Gasteiger partial charge in [-0.15, -0.1) is 0 Å². The summed E-state index contributed by atoms with van der Waals surface area (Å²) in [5, 5.41) is 0. The van der Waals surface area contributed by atoms with E-state index in [2.05, 4.69) is 34.3 Å². The van der Waals surface area contributed by atoms with E-state index >= 15 is 0 Å². The summed E-state index contributed by atoms with van der Waals surface area (Å²) in [6.45, 7) is 13.6. The molecule has 0 aromatic rings. The fourth-order valence-corrected chi connectivity index (χ4v) is 7.00. The summed E-state index contributed by atoms with van der Waals surface area (Å²) in [6, 6.07) is 0. The lowest BCUT2D eigenvalue weighted by Crippen LogP contribution is -2.56. The molecule has 4 aliphatic rings. The molecule has 0 heterocycles. The summed E-state index contributed by atoms with van der Waals surface area (Å²) in [5.74, 6) is 3.11. The highest BCUT2D eigenvalue weighted by Crippen LogP contribution is 2.67. The molecule has 0 N–H and O–H groups in total. The Labute approximate surface area is 145 Å². The number of fused-ring (bicyclic) bond motifs is 5. The SMILES string of the molecule is C=C1C2=CC(=O)CC(C)[C@]2(C)[C@@H]2CC[C@]3(C)C(=O)CC[C@H]3[C@@H]2C1C. The summed E-state index contributed by atoms with van der Waals surface area (Å²) >= 11 is 0. The molecule has 3 saturated carbocycles. The first-order valence-corrected chi connectivity index (χ1v) is 9.68. The van der Waals surface area contributed by atoms with Crippen LogP contribution in [0.1, 0.15) is 59.8 Å². The van der Waals surface area contributed by atoms with Gasteiger partial charge in [0.15, 0.2) is 5.78 Å².